The Morgan fingerprint density at radius 1 is 1.32 bits per heavy atom. The summed E-state index contributed by atoms with van der Waals surface area (Å²) in [4.78, 5) is 13.4. The molecule has 7 heteroatoms. The standard InChI is InChI=1S/C18H25N7/c19-10-15(14-24-7-3-21-4-8-24)12-22-18-9-17(16(11-20)13-23-18)25-5-1-2-6-25/h9-10,12-13,21H,1-8,14,19H2. The molecule has 7 nitrogen and oxygen atoms in total. The van der Waals surface area contributed by atoms with E-state index in [0.717, 1.165) is 69.9 Å². The van der Waals surface area contributed by atoms with Gasteiger partial charge in [-0.1, -0.05) is 0 Å². The first-order chi connectivity index (χ1) is 12.3. The van der Waals surface area contributed by atoms with Crippen LogP contribution in [0.1, 0.15) is 18.4 Å². The molecule has 3 rings (SSSR count). The van der Waals surface area contributed by atoms with Crippen LogP contribution in [-0.4, -0.2) is 61.9 Å². The molecular weight excluding hydrogens is 314 g/mol. The third kappa shape index (κ3) is 4.56. The lowest BCUT2D eigenvalue weighted by Crippen LogP contribution is -2.44. The van der Waals surface area contributed by atoms with Crippen molar-refractivity contribution >= 4 is 17.7 Å². The molecule has 25 heavy (non-hydrogen) atoms. The minimum absolute atomic E-state index is 0.608. The van der Waals surface area contributed by atoms with Crippen LogP contribution >= 0.6 is 0 Å². The molecule has 3 N–H and O–H groups in total. The van der Waals surface area contributed by atoms with Crippen LogP contribution in [0.25, 0.3) is 0 Å². The first-order valence-electron chi connectivity index (χ1n) is 8.83. The molecule has 0 spiro atoms. The molecule has 0 atom stereocenters. The fourth-order valence-electron chi connectivity index (χ4n) is 3.22. The summed E-state index contributed by atoms with van der Waals surface area (Å²) in [7, 11) is 0. The third-order valence-electron chi connectivity index (χ3n) is 4.63. The number of nitrogens with zero attached hydrogens (tertiary/aromatic N) is 5. The lowest BCUT2D eigenvalue weighted by molar-refractivity contribution is 0.262. The molecule has 2 fully saturated rings. The van der Waals surface area contributed by atoms with Crippen molar-refractivity contribution in [3.05, 3.63) is 29.6 Å². The van der Waals surface area contributed by atoms with Crippen LogP contribution in [-0.2, 0) is 0 Å². The number of aliphatic imine (C=N–C) groups is 1. The molecule has 0 bridgehead atoms. The van der Waals surface area contributed by atoms with Gasteiger partial charge in [-0.2, -0.15) is 5.26 Å². The van der Waals surface area contributed by atoms with Gasteiger partial charge in [0.25, 0.3) is 0 Å². The van der Waals surface area contributed by atoms with Crippen molar-refractivity contribution in [1.29, 1.82) is 5.26 Å². The molecule has 132 valence electrons. The van der Waals surface area contributed by atoms with Gasteiger partial charge < -0.3 is 16.0 Å². The molecule has 0 amide bonds. The summed E-state index contributed by atoms with van der Waals surface area (Å²) < 4.78 is 0. The lowest BCUT2D eigenvalue weighted by Gasteiger charge is -2.27. The second-order valence-electron chi connectivity index (χ2n) is 6.39. The van der Waals surface area contributed by atoms with Gasteiger partial charge in [-0.15, -0.1) is 0 Å². The second kappa shape index (κ2) is 8.60. The Kier molecular flexibility index (Phi) is 5.99. The Morgan fingerprint density at radius 3 is 2.76 bits per heavy atom. The van der Waals surface area contributed by atoms with Crippen LogP contribution in [0.3, 0.4) is 0 Å². The number of hydrogen-bond donors (Lipinski definition) is 2. The zero-order valence-corrected chi connectivity index (χ0v) is 14.5. The first kappa shape index (κ1) is 17.4. The largest absolute Gasteiger partial charge is 0.404 e. The van der Waals surface area contributed by atoms with Crippen molar-refractivity contribution < 1.29 is 0 Å². The molecule has 0 aliphatic carbocycles. The number of nitriles is 1. The highest BCUT2D eigenvalue weighted by atomic mass is 15.2. The number of nitrogens with one attached hydrogen (secondary N) is 1. The van der Waals surface area contributed by atoms with E-state index >= 15 is 0 Å². The zero-order valence-electron chi connectivity index (χ0n) is 14.5. The highest BCUT2D eigenvalue weighted by Gasteiger charge is 2.17. The average molecular weight is 339 g/mol. The molecule has 1 aromatic rings. The van der Waals surface area contributed by atoms with Crippen molar-refractivity contribution in [1.82, 2.24) is 15.2 Å². The van der Waals surface area contributed by atoms with Crippen LogP contribution in [0.2, 0.25) is 0 Å². The molecule has 2 aliphatic rings. The number of hydrogen-bond acceptors (Lipinski definition) is 7. The lowest BCUT2D eigenvalue weighted by atomic mass is 10.2. The SMILES string of the molecule is N#Cc1cnc(N=CC(=CN)CN2CCNCC2)cc1N1CCCC1. The number of anilines is 1. The normalized spacial score (nSPS) is 19.5. The maximum absolute atomic E-state index is 9.32. The van der Waals surface area contributed by atoms with Gasteiger partial charge in [0.15, 0.2) is 5.82 Å². The van der Waals surface area contributed by atoms with E-state index in [1.54, 1.807) is 18.6 Å². The van der Waals surface area contributed by atoms with Crippen LogP contribution in [0.15, 0.2) is 29.0 Å². The Bertz CT molecular complexity index is 677. The number of piperazine rings is 1. The molecule has 2 aliphatic heterocycles. The predicted molar refractivity (Wildman–Crippen MR) is 100 cm³/mol. The number of rotatable bonds is 5. The van der Waals surface area contributed by atoms with Crippen LogP contribution in [0, 0.1) is 11.3 Å². The highest BCUT2D eigenvalue weighted by molar-refractivity contribution is 5.81. The van der Waals surface area contributed by atoms with E-state index in [4.69, 9.17) is 5.73 Å². The third-order valence-corrected chi connectivity index (χ3v) is 4.63. The average Bonchev–Trinajstić information content (AvgIpc) is 3.20. The van der Waals surface area contributed by atoms with Gasteiger partial charge in [0.1, 0.15) is 6.07 Å². The Labute approximate surface area is 148 Å². The van der Waals surface area contributed by atoms with Crippen molar-refractivity contribution in [3.8, 4) is 6.07 Å². The molecule has 0 saturated carbocycles. The molecule has 3 heterocycles. The number of pyridine rings is 1. The maximum Gasteiger partial charge on any atom is 0.153 e. The fraction of sp³-hybridized carbons (Fsp3) is 0.500. The smallest absolute Gasteiger partial charge is 0.153 e. The quantitative estimate of drug-likeness (QED) is 0.778. The van der Waals surface area contributed by atoms with Crippen molar-refractivity contribution in [2.24, 2.45) is 10.7 Å². The van der Waals surface area contributed by atoms with Crippen LogP contribution in [0.4, 0.5) is 11.5 Å². The maximum atomic E-state index is 9.32. The van der Waals surface area contributed by atoms with Gasteiger partial charge in [-0.25, -0.2) is 9.98 Å². The van der Waals surface area contributed by atoms with E-state index in [1.165, 1.54) is 0 Å². The molecule has 0 radical (unpaired) electrons. The monoisotopic (exact) mass is 339 g/mol. The van der Waals surface area contributed by atoms with Gasteiger partial charge in [0.05, 0.1) is 11.3 Å². The fourth-order valence-corrected chi connectivity index (χ4v) is 3.22. The van der Waals surface area contributed by atoms with Gasteiger partial charge >= 0.3 is 0 Å². The summed E-state index contributed by atoms with van der Waals surface area (Å²) in [6.45, 7) is 6.80. The van der Waals surface area contributed by atoms with E-state index in [9.17, 15) is 5.26 Å². The molecule has 0 unspecified atom stereocenters. The minimum atomic E-state index is 0.608. The van der Waals surface area contributed by atoms with E-state index in [1.807, 2.05) is 6.07 Å². The van der Waals surface area contributed by atoms with E-state index in [2.05, 4.69) is 31.2 Å². The van der Waals surface area contributed by atoms with Crippen molar-refractivity contribution in [2.45, 2.75) is 12.8 Å². The highest BCUT2D eigenvalue weighted by Crippen LogP contribution is 2.27. The van der Waals surface area contributed by atoms with Gasteiger partial charge in [0, 0.05) is 64.3 Å². The molecule has 1 aromatic heterocycles. The predicted octanol–water partition coefficient (Wildman–Crippen LogP) is 1.00. The summed E-state index contributed by atoms with van der Waals surface area (Å²) in [5.74, 6) is 0.612. The molecular formula is C18H25N7. The topological polar surface area (TPSA) is 93.6 Å². The Hall–Kier alpha value is -2.43. The van der Waals surface area contributed by atoms with Gasteiger partial charge in [-0.3, -0.25) is 4.90 Å². The first-order valence-corrected chi connectivity index (χ1v) is 8.83. The summed E-state index contributed by atoms with van der Waals surface area (Å²) >= 11 is 0. The van der Waals surface area contributed by atoms with E-state index < -0.39 is 0 Å². The molecule has 0 aromatic carbocycles. The van der Waals surface area contributed by atoms with Gasteiger partial charge in [0.2, 0.25) is 0 Å². The number of nitrogens with two attached hydrogens (primary N) is 1. The van der Waals surface area contributed by atoms with Crippen LogP contribution < -0.4 is 16.0 Å². The van der Waals surface area contributed by atoms with Crippen molar-refractivity contribution in [3.63, 3.8) is 0 Å². The Balaban J connectivity index is 1.71. The van der Waals surface area contributed by atoms with Crippen LogP contribution in [0.5, 0.6) is 0 Å². The second-order valence-corrected chi connectivity index (χ2v) is 6.39. The minimum Gasteiger partial charge on any atom is -0.404 e. The van der Waals surface area contributed by atoms with Crippen molar-refractivity contribution in [2.75, 3.05) is 50.7 Å². The summed E-state index contributed by atoms with van der Waals surface area (Å²) in [5.41, 5.74) is 8.27. The summed E-state index contributed by atoms with van der Waals surface area (Å²) in [6, 6.07) is 4.13. The number of aromatic nitrogens is 1. The summed E-state index contributed by atoms with van der Waals surface area (Å²) in [6.07, 6.45) is 7.33. The van der Waals surface area contributed by atoms with E-state index in [-0.39, 0.29) is 0 Å². The molecule has 2 saturated heterocycles. The Morgan fingerprint density at radius 2 is 2.08 bits per heavy atom. The van der Waals surface area contributed by atoms with Gasteiger partial charge in [-0.05, 0) is 24.6 Å². The van der Waals surface area contributed by atoms with E-state index in [0.29, 0.717) is 11.4 Å². The zero-order chi connectivity index (χ0) is 17.5. The summed E-state index contributed by atoms with van der Waals surface area (Å²) in [5, 5.41) is 12.7.